The quantitative estimate of drug-likeness (QED) is 0.855. The van der Waals surface area contributed by atoms with Crippen molar-refractivity contribution in [2.45, 2.75) is 64.8 Å². The van der Waals surface area contributed by atoms with E-state index in [2.05, 4.69) is 31.3 Å². The van der Waals surface area contributed by atoms with E-state index < -0.39 is 0 Å². The van der Waals surface area contributed by atoms with Crippen LogP contribution in [-0.4, -0.2) is 12.1 Å². The highest BCUT2D eigenvalue weighted by molar-refractivity contribution is 5.82. The molecule has 0 bridgehead atoms. The molecule has 1 aromatic carbocycles. The van der Waals surface area contributed by atoms with Gasteiger partial charge in [0.05, 0.1) is 6.10 Å². The lowest BCUT2D eigenvalue weighted by atomic mass is 10.1. The third-order valence-electron chi connectivity index (χ3n) is 4.22. The molecular weight excluding hydrogens is 262 g/mol. The number of nitrogens with one attached hydrogen (secondary N) is 1. The van der Waals surface area contributed by atoms with Crippen molar-refractivity contribution in [3.63, 3.8) is 0 Å². The maximum Gasteiger partial charge on any atom is 0.135 e. The van der Waals surface area contributed by atoms with E-state index in [1.165, 1.54) is 36.6 Å². The summed E-state index contributed by atoms with van der Waals surface area (Å²) >= 11 is 0. The summed E-state index contributed by atoms with van der Waals surface area (Å²) in [6.45, 7) is 5.75. The van der Waals surface area contributed by atoms with Crippen molar-refractivity contribution in [1.82, 2.24) is 5.32 Å². The highest BCUT2D eigenvalue weighted by atomic mass is 16.5. The monoisotopic (exact) mass is 287 g/mol. The molecule has 0 radical (unpaired) electrons. The number of rotatable bonds is 6. The van der Waals surface area contributed by atoms with E-state index >= 15 is 0 Å². The SMILES string of the molecule is CC(C)NCc1c(COC2CCCC2)oc2ccccc12. The Balaban J connectivity index is 1.79. The molecular formula is C18H25NO2. The lowest BCUT2D eigenvalue weighted by molar-refractivity contribution is 0.0359. The maximum atomic E-state index is 6.04. The second-order valence-electron chi connectivity index (χ2n) is 6.25. The van der Waals surface area contributed by atoms with Crippen molar-refractivity contribution >= 4 is 11.0 Å². The average molecular weight is 287 g/mol. The Kier molecular flexibility index (Phi) is 4.61. The summed E-state index contributed by atoms with van der Waals surface area (Å²) in [6, 6.07) is 8.72. The van der Waals surface area contributed by atoms with Gasteiger partial charge in [-0.3, -0.25) is 0 Å². The minimum absolute atomic E-state index is 0.420. The first-order valence-electron chi connectivity index (χ1n) is 8.08. The van der Waals surface area contributed by atoms with Gasteiger partial charge in [0.1, 0.15) is 18.0 Å². The van der Waals surface area contributed by atoms with Gasteiger partial charge in [-0.05, 0) is 18.9 Å². The van der Waals surface area contributed by atoms with Crippen LogP contribution in [0, 0.1) is 0 Å². The topological polar surface area (TPSA) is 34.4 Å². The van der Waals surface area contributed by atoms with Gasteiger partial charge < -0.3 is 14.5 Å². The van der Waals surface area contributed by atoms with Crippen molar-refractivity contribution in [3.8, 4) is 0 Å². The molecule has 3 rings (SSSR count). The molecule has 0 atom stereocenters. The van der Waals surface area contributed by atoms with Crippen LogP contribution in [0.5, 0.6) is 0 Å². The Bertz CT molecular complexity index is 582. The van der Waals surface area contributed by atoms with Crippen LogP contribution in [0.25, 0.3) is 11.0 Å². The molecule has 0 spiro atoms. The predicted octanol–water partition coefficient (Wildman–Crippen LogP) is 4.39. The van der Waals surface area contributed by atoms with Crippen LogP contribution in [-0.2, 0) is 17.9 Å². The van der Waals surface area contributed by atoms with Gasteiger partial charge in [0.2, 0.25) is 0 Å². The molecule has 2 aromatic rings. The molecule has 1 N–H and O–H groups in total. The molecule has 1 aromatic heterocycles. The van der Waals surface area contributed by atoms with Crippen molar-refractivity contribution in [2.24, 2.45) is 0 Å². The molecule has 1 aliphatic carbocycles. The van der Waals surface area contributed by atoms with Gasteiger partial charge in [-0.2, -0.15) is 0 Å². The van der Waals surface area contributed by atoms with Crippen LogP contribution in [0.2, 0.25) is 0 Å². The third-order valence-corrected chi connectivity index (χ3v) is 4.22. The summed E-state index contributed by atoms with van der Waals surface area (Å²) < 4.78 is 12.1. The van der Waals surface area contributed by atoms with Crippen molar-refractivity contribution in [1.29, 1.82) is 0 Å². The van der Waals surface area contributed by atoms with E-state index in [1.54, 1.807) is 0 Å². The lowest BCUT2D eigenvalue weighted by Crippen LogP contribution is -2.22. The largest absolute Gasteiger partial charge is 0.458 e. The van der Waals surface area contributed by atoms with Crippen LogP contribution in [0.3, 0.4) is 0 Å². The number of fused-ring (bicyclic) bond motifs is 1. The van der Waals surface area contributed by atoms with E-state index in [0.29, 0.717) is 18.8 Å². The van der Waals surface area contributed by atoms with Crippen molar-refractivity contribution in [2.75, 3.05) is 0 Å². The standard InChI is InChI=1S/C18H25NO2/c1-13(2)19-11-16-15-9-5-6-10-17(15)21-18(16)12-20-14-7-3-4-8-14/h5-6,9-10,13-14,19H,3-4,7-8,11-12H2,1-2H3. The summed E-state index contributed by atoms with van der Waals surface area (Å²) in [7, 11) is 0. The minimum Gasteiger partial charge on any atom is -0.458 e. The second-order valence-corrected chi connectivity index (χ2v) is 6.25. The molecule has 1 aliphatic rings. The van der Waals surface area contributed by atoms with Gasteiger partial charge in [-0.1, -0.05) is 44.9 Å². The Labute approximate surface area is 126 Å². The number of ether oxygens (including phenoxy) is 1. The Morgan fingerprint density at radius 3 is 2.76 bits per heavy atom. The highest BCUT2D eigenvalue weighted by Gasteiger charge is 2.19. The summed E-state index contributed by atoms with van der Waals surface area (Å²) in [5.41, 5.74) is 2.21. The zero-order chi connectivity index (χ0) is 14.7. The van der Waals surface area contributed by atoms with Crippen LogP contribution in [0.15, 0.2) is 28.7 Å². The fourth-order valence-electron chi connectivity index (χ4n) is 3.01. The summed E-state index contributed by atoms with van der Waals surface area (Å²) in [4.78, 5) is 0. The van der Waals surface area contributed by atoms with Crippen molar-refractivity contribution < 1.29 is 9.15 Å². The fourth-order valence-corrected chi connectivity index (χ4v) is 3.01. The molecule has 0 unspecified atom stereocenters. The van der Waals surface area contributed by atoms with Crippen LogP contribution < -0.4 is 5.32 Å². The maximum absolute atomic E-state index is 6.04. The van der Waals surface area contributed by atoms with Crippen LogP contribution in [0.1, 0.15) is 50.9 Å². The molecule has 21 heavy (non-hydrogen) atoms. The predicted molar refractivity (Wildman–Crippen MR) is 85.2 cm³/mol. The zero-order valence-electron chi connectivity index (χ0n) is 13.0. The van der Waals surface area contributed by atoms with E-state index in [9.17, 15) is 0 Å². The number of hydrogen-bond acceptors (Lipinski definition) is 3. The van der Waals surface area contributed by atoms with E-state index in [4.69, 9.17) is 9.15 Å². The Hall–Kier alpha value is -1.32. The summed E-state index contributed by atoms with van der Waals surface area (Å²) in [6.07, 6.45) is 5.41. The second kappa shape index (κ2) is 6.63. The third kappa shape index (κ3) is 3.47. The molecule has 0 aliphatic heterocycles. The Morgan fingerprint density at radius 2 is 2.00 bits per heavy atom. The molecule has 0 saturated heterocycles. The van der Waals surface area contributed by atoms with Crippen molar-refractivity contribution in [3.05, 3.63) is 35.6 Å². The smallest absolute Gasteiger partial charge is 0.135 e. The van der Waals surface area contributed by atoms with Crippen LogP contribution >= 0.6 is 0 Å². The van der Waals surface area contributed by atoms with E-state index in [-0.39, 0.29) is 0 Å². The highest BCUT2D eigenvalue weighted by Crippen LogP contribution is 2.28. The molecule has 0 amide bonds. The first-order valence-corrected chi connectivity index (χ1v) is 8.08. The van der Waals surface area contributed by atoms with E-state index in [1.807, 2.05) is 12.1 Å². The summed E-state index contributed by atoms with van der Waals surface area (Å²) in [5.74, 6) is 0.983. The average Bonchev–Trinajstić information content (AvgIpc) is 3.10. The molecule has 1 fully saturated rings. The van der Waals surface area contributed by atoms with Gasteiger partial charge in [0, 0.05) is 23.5 Å². The van der Waals surface area contributed by atoms with Gasteiger partial charge in [-0.15, -0.1) is 0 Å². The van der Waals surface area contributed by atoms with Gasteiger partial charge in [-0.25, -0.2) is 0 Å². The van der Waals surface area contributed by atoms with E-state index in [0.717, 1.165) is 17.9 Å². The van der Waals surface area contributed by atoms with Gasteiger partial charge in [0.25, 0.3) is 0 Å². The van der Waals surface area contributed by atoms with Crippen LogP contribution in [0.4, 0.5) is 0 Å². The molecule has 1 heterocycles. The number of hydrogen-bond donors (Lipinski definition) is 1. The molecule has 3 heteroatoms. The number of para-hydroxylation sites is 1. The normalized spacial score (nSPS) is 16.3. The molecule has 1 saturated carbocycles. The fraction of sp³-hybridized carbons (Fsp3) is 0.556. The van der Waals surface area contributed by atoms with Gasteiger partial charge in [0.15, 0.2) is 0 Å². The zero-order valence-corrected chi connectivity index (χ0v) is 13.0. The first kappa shape index (κ1) is 14.6. The number of furan rings is 1. The Morgan fingerprint density at radius 1 is 1.24 bits per heavy atom. The summed E-state index contributed by atoms with van der Waals surface area (Å²) in [5, 5.41) is 4.70. The molecule has 3 nitrogen and oxygen atoms in total. The van der Waals surface area contributed by atoms with Gasteiger partial charge >= 0.3 is 0 Å². The lowest BCUT2D eigenvalue weighted by Gasteiger charge is -2.12. The number of benzene rings is 1. The minimum atomic E-state index is 0.420. The first-order chi connectivity index (χ1) is 10.2. The molecule has 114 valence electrons.